The number of carbonyl (C=O) groups is 1. The molecule has 0 aliphatic heterocycles. The van der Waals surface area contributed by atoms with Crippen LogP contribution in [0, 0.1) is 0 Å². The van der Waals surface area contributed by atoms with Gasteiger partial charge in [-0.2, -0.15) is 0 Å². The van der Waals surface area contributed by atoms with Crippen LogP contribution in [0.25, 0.3) is 0 Å². The third-order valence-corrected chi connectivity index (χ3v) is 1.53. The number of halogens is 1. The molecule has 1 amide bonds. The van der Waals surface area contributed by atoms with Crippen molar-refractivity contribution in [3.8, 4) is 0 Å². The number of rotatable bonds is 6. The van der Waals surface area contributed by atoms with Crippen LogP contribution in [0.1, 0.15) is 45.4 Å². The van der Waals surface area contributed by atoms with E-state index in [1.807, 2.05) is 0 Å². The van der Waals surface area contributed by atoms with Crippen molar-refractivity contribution >= 4 is 47.9 Å². The molecule has 0 aromatic rings. The molecule has 0 heterocycles. The Morgan fingerprint density at radius 2 is 1.67 bits per heavy atom. The molecule has 2 N–H and O–H groups in total. The predicted molar refractivity (Wildman–Crippen MR) is 57.0 cm³/mol. The number of unbranched alkanes of at least 4 members (excludes halogenated alkanes) is 4. The van der Waals surface area contributed by atoms with Gasteiger partial charge in [-0.25, -0.2) is 0 Å². The molecule has 0 unspecified atom stereocenters. The third kappa shape index (κ3) is 17.0. The summed E-state index contributed by atoms with van der Waals surface area (Å²) in [6.07, 6.45) is 6.44. The van der Waals surface area contributed by atoms with Gasteiger partial charge in [-0.3, -0.25) is 4.79 Å². The molecule has 0 aromatic heterocycles. The van der Waals surface area contributed by atoms with Crippen molar-refractivity contribution in [2.24, 2.45) is 5.73 Å². The zero-order chi connectivity index (χ0) is 7.82. The summed E-state index contributed by atoms with van der Waals surface area (Å²) in [4.78, 5) is 10.3. The molecule has 0 aromatic carbocycles. The molecule has 0 aliphatic rings. The van der Waals surface area contributed by atoms with Gasteiger partial charge >= 0.3 is 29.6 Å². The second kappa shape index (κ2) is 14.3. The van der Waals surface area contributed by atoms with Crippen molar-refractivity contribution in [1.29, 1.82) is 0 Å². The van der Waals surface area contributed by atoms with Crippen LogP contribution in [0.5, 0.6) is 0 Å². The van der Waals surface area contributed by atoms with Crippen molar-refractivity contribution in [1.82, 2.24) is 0 Å². The number of carbonyl (C=O) groups excluding carboxylic acids is 1. The van der Waals surface area contributed by atoms with E-state index in [-0.39, 0.29) is 47.9 Å². The minimum absolute atomic E-state index is 0. The van der Waals surface area contributed by atoms with E-state index in [2.05, 4.69) is 6.92 Å². The van der Waals surface area contributed by atoms with E-state index < -0.39 is 0 Å². The average molecular weight is 204 g/mol. The Balaban J connectivity index is -0.000000405. The molecule has 0 atom stereocenters. The van der Waals surface area contributed by atoms with Gasteiger partial charge in [0.25, 0.3) is 0 Å². The number of amides is 1. The summed E-state index contributed by atoms with van der Waals surface area (Å²) in [6, 6.07) is 0. The van der Waals surface area contributed by atoms with E-state index in [1.54, 1.807) is 0 Å². The second-order valence-electron chi connectivity index (χ2n) is 2.63. The molecule has 2 nitrogen and oxygen atoms in total. The van der Waals surface area contributed by atoms with Gasteiger partial charge in [-0.05, 0) is 6.42 Å². The normalized spacial score (nSPS) is 8.08. The summed E-state index contributed by atoms with van der Waals surface area (Å²) in [5.74, 6) is -0.170. The van der Waals surface area contributed by atoms with Gasteiger partial charge in [0.05, 0.1) is 0 Å². The molecular formula is C8H19ClNNaO. The summed E-state index contributed by atoms with van der Waals surface area (Å²) in [5.41, 5.74) is 4.97. The molecule has 0 bridgehead atoms. The second-order valence-corrected chi connectivity index (χ2v) is 2.63. The minimum atomic E-state index is -0.170. The Labute approximate surface area is 103 Å². The standard InChI is InChI=1S/C8H17NO.ClH.Na.H/c1-2-3-4-5-6-7-8(9)10;;;/h2-7H2,1H3,(H2,9,10);1H;;. The first-order valence-corrected chi connectivity index (χ1v) is 4.05. The van der Waals surface area contributed by atoms with Crippen molar-refractivity contribution in [2.75, 3.05) is 0 Å². The van der Waals surface area contributed by atoms with Gasteiger partial charge in [0, 0.05) is 6.42 Å². The number of hydrogen-bond acceptors (Lipinski definition) is 1. The third-order valence-electron chi connectivity index (χ3n) is 1.53. The Bertz CT molecular complexity index is 101. The predicted octanol–water partition coefficient (Wildman–Crippen LogP) is 1.61. The quantitative estimate of drug-likeness (QED) is 0.517. The van der Waals surface area contributed by atoms with E-state index in [9.17, 15) is 4.79 Å². The van der Waals surface area contributed by atoms with Crippen LogP contribution in [0.2, 0.25) is 0 Å². The molecular weight excluding hydrogens is 185 g/mol. The SMILES string of the molecule is CCCCCCCC(N)=O.Cl.[NaH]. The molecule has 12 heavy (non-hydrogen) atoms. The fraction of sp³-hybridized carbons (Fsp3) is 0.875. The maximum atomic E-state index is 10.3. The molecule has 0 radical (unpaired) electrons. The summed E-state index contributed by atoms with van der Waals surface area (Å²) in [6.45, 7) is 2.17. The summed E-state index contributed by atoms with van der Waals surface area (Å²) >= 11 is 0. The van der Waals surface area contributed by atoms with Gasteiger partial charge in [-0.1, -0.05) is 32.6 Å². The molecule has 0 fully saturated rings. The fourth-order valence-electron chi connectivity index (χ4n) is 0.903. The Morgan fingerprint density at radius 1 is 1.17 bits per heavy atom. The van der Waals surface area contributed by atoms with Crippen molar-refractivity contribution in [3.63, 3.8) is 0 Å². The van der Waals surface area contributed by atoms with Gasteiger partial charge < -0.3 is 5.73 Å². The average Bonchev–Trinajstić information content (AvgIpc) is 1.87. The van der Waals surface area contributed by atoms with Crippen LogP contribution in [-0.4, -0.2) is 35.5 Å². The zero-order valence-electron chi connectivity index (χ0n) is 7.14. The van der Waals surface area contributed by atoms with Crippen molar-refractivity contribution < 1.29 is 4.79 Å². The molecule has 0 rings (SSSR count). The van der Waals surface area contributed by atoms with Gasteiger partial charge in [0.15, 0.2) is 0 Å². The van der Waals surface area contributed by atoms with Crippen molar-refractivity contribution in [3.05, 3.63) is 0 Å². The first kappa shape index (κ1) is 18.5. The maximum absolute atomic E-state index is 10.3. The van der Waals surface area contributed by atoms with Gasteiger partial charge in [-0.15, -0.1) is 12.4 Å². The van der Waals surface area contributed by atoms with E-state index in [0.29, 0.717) is 6.42 Å². The monoisotopic (exact) mass is 203 g/mol. The van der Waals surface area contributed by atoms with Crippen LogP contribution >= 0.6 is 12.4 Å². The molecule has 0 saturated carbocycles. The summed E-state index contributed by atoms with van der Waals surface area (Å²) in [7, 11) is 0. The Morgan fingerprint density at radius 3 is 2.08 bits per heavy atom. The number of hydrogen-bond donors (Lipinski definition) is 1. The summed E-state index contributed by atoms with van der Waals surface area (Å²) < 4.78 is 0. The van der Waals surface area contributed by atoms with Crippen LogP contribution in [-0.2, 0) is 4.79 Å². The van der Waals surface area contributed by atoms with Crippen LogP contribution in [0.3, 0.4) is 0 Å². The molecule has 0 spiro atoms. The fourth-order valence-corrected chi connectivity index (χ4v) is 0.903. The summed E-state index contributed by atoms with van der Waals surface area (Å²) in [5, 5.41) is 0. The van der Waals surface area contributed by atoms with E-state index in [1.165, 1.54) is 19.3 Å². The zero-order valence-corrected chi connectivity index (χ0v) is 7.95. The topological polar surface area (TPSA) is 43.1 Å². The first-order valence-electron chi connectivity index (χ1n) is 4.05. The van der Waals surface area contributed by atoms with Gasteiger partial charge in [0.2, 0.25) is 5.91 Å². The van der Waals surface area contributed by atoms with Crippen molar-refractivity contribution in [2.45, 2.75) is 45.4 Å². The van der Waals surface area contributed by atoms with Gasteiger partial charge in [0.1, 0.15) is 0 Å². The number of primary amides is 1. The molecule has 4 heteroatoms. The molecule has 0 saturated heterocycles. The van der Waals surface area contributed by atoms with E-state index in [4.69, 9.17) is 5.73 Å². The van der Waals surface area contributed by atoms with Crippen LogP contribution in [0.4, 0.5) is 0 Å². The van der Waals surface area contributed by atoms with E-state index in [0.717, 1.165) is 12.8 Å². The van der Waals surface area contributed by atoms with E-state index >= 15 is 0 Å². The first-order chi connectivity index (χ1) is 4.77. The Hall–Kier alpha value is 0.760. The molecule has 70 valence electrons. The van der Waals surface area contributed by atoms with Crippen LogP contribution in [0.15, 0.2) is 0 Å². The molecule has 0 aliphatic carbocycles. The number of nitrogens with two attached hydrogens (primary N) is 1. The Kier molecular flexibility index (Phi) is 22.1. The van der Waals surface area contributed by atoms with Crippen LogP contribution < -0.4 is 5.73 Å².